The fourth-order valence-corrected chi connectivity index (χ4v) is 2.25. The molecule has 0 aliphatic carbocycles. The number of aryl methyl sites for hydroxylation is 1. The van der Waals surface area contributed by atoms with Crippen LogP contribution in [-0.4, -0.2) is 46.0 Å². The minimum atomic E-state index is -0.301. The van der Waals surface area contributed by atoms with E-state index < -0.39 is 0 Å². The molecule has 1 aromatic rings. The minimum Gasteiger partial charge on any atom is -0.369 e. The summed E-state index contributed by atoms with van der Waals surface area (Å²) >= 11 is 0. The van der Waals surface area contributed by atoms with Crippen LogP contribution in [0, 0.1) is 0 Å². The van der Waals surface area contributed by atoms with Crippen molar-refractivity contribution in [1.82, 2.24) is 14.5 Å². The molecule has 19 heavy (non-hydrogen) atoms. The number of nitrogens with two attached hydrogens (primary N) is 1. The van der Waals surface area contributed by atoms with Crippen molar-refractivity contribution in [3.05, 3.63) is 22.7 Å². The van der Waals surface area contributed by atoms with Gasteiger partial charge < -0.3 is 15.6 Å². The number of likely N-dealkylation sites (tertiary alicyclic amines) is 1. The Bertz CT molecular complexity index is 505. The van der Waals surface area contributed by atoms with E-state index in [1.165, 1.54) is 4.57 Å². The van der Waals surface area contributed by atoms with E-state index in [-0.39, 0.29) is 17.5 Å². The maximum atomic E-state index is 11.8. The standard InChI is InChI=1S/C12H19N5O2/c1-16-7-4-14-11(12(16)19)15-9-2-5-17(6-3-9)8-10(13)18/h4,7,9H,2-3,5-6,8H2,1H3,(H2,13,18)(H,14,15). The van der Waals surface area contributed by atoms with Crippen LogP contribution in [0.2, 0.25) is 0 Å². The second-order valence-electron chi connectivity index (χ2n) is 4.85. The normalized spacial score (nSPS) is 17.3. The lowest BCUT2D eigenvalue weighted by molar-refractivity contribution is -0.119. The molecule has 1 aromatic heterocycles. The van der Waals surface area contributed by atoms with Crippen LogP contribution in [0.3, 0.4) is 0 Å². The molecule has 1 fully saturated rings. The van der Waals surface area contributed by atoms with Crippen molar-refractivity contribution in [3.8, 4) is 0 Å². The van der Waals surface area contributed by atoms with Gasteiger partial charge in [0.15, 0.2) is 5.82 Å². The first-order chi connectivity index (χ1) is 9.06. The third-order valence-corrected chi connectivity index (χ3v) is 3.32. The van der Waals surface area contributed by atoms with Crippen LogP contribution in [0.25, 0.3) is 0 Å². The van der Waals surface area contributed by atoms with Gasteiger partial charge in [0.25, 0.3) is 5.56 Å². The number of primary amides is 1. The van der Waals surface area contributed by atoms with E-state index in [0.29, 0.717) is 12.4 Å². The average Bonchev–Trinajstić information content (AvgIpc) is 2.37. The SMILES string of the molecule is Cn1ccnc(NC2CCN(CC(N)=O)CC2)c1=O. The molecule has 104 valence electrons. The average molecular weight is 265 g/mol. The fourth-order valence-electron chi connectivity index (χ4n) is 2.25. The number of nitrogens with zero attached hydrogens (tertiary/aromatic N) is 3. The summed E-state index contributed by atoms with van der Waals surface area (Å²) in [7, 11) is 1.70. The van der Waals surface area contributed by atoms with Gasteiger partial charge in [-0.05, 0) is 12.8 Å². The summed E-state index contributed by atoms with van der Waals surface area (Å²) in [6, 6.07) is 0.215. The maximum Gasteiger partial charge on any atom is 0.293 e. The fraction of sp³-hybridized carbons (Fsp3) is 0.583. The summed E-state index contributed by atoms with van der Waals surface area (Å²) in [6.07, 6.45) is 4.97. The van der Waals surface area contributed by atoms with Gasteiger partial charge in [-0.1, -0.05) is 0 Å². The second kappa shape index (κ2) is 5.83. The van der Waals surface area contributed by atoms with E-state index in [0.717, 1.165) is 25.9 Å². The Kier molecular flexibility index (Phi) is 4.16. The molecule has 0 unspecified atom stereocenters. The van der Waals surface area contributed by atoms with Gasteiger partial charge in [-0.15, -0.1) is 0 Å². The number of amides is 1. The third kappa shape index (κ3) is 3.54. The Hall–Kier alpha value is -1.89. The monoisotopic (exact) mass is 265 g/mol. The number of nitrogens with one attached hydrogen (secondary N) is 1. The molecule has 0 saturated carbocycles. The van der Waals surface area contributed by atoms with Crippen LogP contribution in [-0.2, 0) is 11.8 Å². The zero-order chi connectivity index (χ0) is 13.8. The van der Waals surface area contributed by atoms with Crippen molar-refractivity contribution in [1.29, 1.82) is 0 Å². The number of carbonyl (C=O) groups excluding carboxylic acids is 1. The smallest absolute Gasteiger partial charge is 0.293 e. The van der Waals surface area contributed by atoms with Gasteiger partial charge >= 0.3 is 0 Å². The molecular formula is C12H19N5O2. The number of aromatic nitrogens is 2. The van der Waals surface area contributed by atoms with Gasteiger partial charge in [0.1, 0.15) is 0 Å². The summed E-state index contributed by atoms with van der Waals surface area (Å²) in [5.41, 5.74) is 5.04. The van der Waals surface area contributed by atoms with Gasteiger partial charge in [-0.2, -0.15) is 0 Å². The predicted octanol–water partition coefficient (Wildman–Crippen LogP) is -0.858. The maximum absolute atomic E-state index is 11.8. The third-order valence-electron chi connectivity index (χ3n) is 3.32. The Balaban J connectivity index is 1.91. The molecule has 1 amide bonds. The van der Waals surface area contributed by atoms with Crippen molar-refractivity contribution >= 4 is 11.7 Å². The van der Waals surface area contributed by atoms with Crippen LogP contribution >= 0.6 is 0 Å². The number of hydrogen-bond acceptors (Lipinski definition) is 5. The highest BCUT2D eigenvalue weighted by Crippen LogP contribution is 2.12. The lowest BCUT2D eigenvalue weighted by Crippen LogP contribution is -2.43. The van der Waals surface area contributed by atoms with E-state index >= 15 is 0 Å². The van der Waals surface area contributed by atoms with Crippen LogP contribution in [0.4, 0.5) is 5.82 Å². The molecule has 2 heterocycles. The lowest BCUT2D eigenvalue weighted by Gasteiger charge is -2.31. The zero-order valence-corrected chi connectivity index (χ0v) is 11.0. The zero-order valence-electron chi connectivity index (χ0n) is 11.0. The number of hydrogen-bond donors (Lipinski definition) is 2. The summed E-state index contributed by atoms with van der Waals surface area (Å²) < 4.78 is 1.50. The number of rotatable bonds is 4. The highest BCUT2D eigenvalue weighted by molar-refractivity contribution is 5.75. The van der Waals surface area contributed by atoms with Gasteiger partial charge in [-0.3, -0.25) is 14.5 Å². The van der Waals surface area contributed by atoms with Crippen molar-refractivity contribution in [2.45, 2.75) is 18.9 Å². The first kappa shape index (κ1) is 13.5. The van der Waals surface area contributed by atoms with E-state index in [4.69, 9.17) is 5.73 Å². The van der Waals surface area contributed by atoms with Crippen molar-refractivity contribution in [2.24, 2.45) is 12.8 Å². The molecule has 0 radical (unpaired) electrons. The van der Waals surface area contributed by atoms with E-state index in [2.05, 4.69) is 10.3 Å². The molecule has 2 rings (SSSR count). The Morgan fingerprint density at radius 3 is 2.84 bits per heavy atom. The van der Waals surface area contributed by atoms with Gasteiger partial charge in [0, 0.05) is 38.6 Å². The first-order valence-electron chi connectivity index (χ1n) is 6.35. The van der Waals surface area contributed by atoms with Crippen LogP contribution in [0.1, 0.15) is 12.8 Å². The minimum absolute atomic E-state index is 0.123. The second-order valence-corrected chi connectivity index (χ2v) is 4.85. The molecule has 1 aliphatic rings. The molecule has 7 heteroatoms. The van der Waals surface area contributed by atoms with Crippen LogP contribution in [0.15, 0.2) is 17.2 Å². The molecule has 0 bridgehead atoms. The molecule has 3 N–H and O–H groups in total. The number of anilines is 1. The van der Waals surface area contributed by atoms with Gasteiger partial charge in [0.2, 0.25) is 5.91 Å². The predicted molar refractivity (Wildman–Crippen MR) is 71.8 cm³/mol. The van der Waals surface area contributed by atoms with E-state index in [1.54, 1.807) is 19.4 Å². The molecule has 0 spiro atoms. The van der Waals surface area contributed by atoms with Crippen molar-refractivity contribution < 1.29 is 4.79 Å². The molecule has 0 atom stereocenters. The molecule has 0 aromatic carbocycles. The summed E-state index contributed by atoms with van der Waals surface area (Å²) in [5.74, 6) is 0.0864. The Labute approximate surface area is 111 Å². The van der Waals surface area contributed by atoms with Gasteiger partial charge in [0.05, 0.1) is 6.54 Å². The first-order valence-corrected chi connectivity index (χ1v) is 6.35. The highest BCUT2D eigenvalue weighted by Gasteiger charge is 2.21. The quantitative estimate of drug-likeness (QED) is 0.739. The number of piperidine rings is 1. The number of carbonyl (C=O) groups is 1. The molecule has 1 aliphatic heterocycles. The molecule has 7 nitrogen and oxygen atoms in total. The van der Waals surface area contributed by atoms with Crippen molar-refractivity contribution in [3.63, 3.8) is 0 Å². The van der Waals surface area contributed by atoms with Crippen molar-refractivity contribution in [2.75, 3.05) is 25.0 Å². The van der Waals surface area contributed by atoms with E-state index in [1.807, 2.05) is 4.90 Å². The van der Waals surface area contributed by atoms with Crippen LogP contribution in [0.5, 0.6) is 0 Å². The topological polar surface area (TPSA) is 93.2 Å². The molecule has 1 saturated heterocycles. The van der Waals surface area contributed by atoms with E-state index in [9.17, 15) is 9.59 Å². The molecular weight excluding hydrogens is 246 g/mol. The lowest BCUT2D eigenvalue weighted by atomic mass is 10.1. The largest absolute Gasteiger partial charge is 0.369 e. The summed E-state index contributed by atoms with van der Waals surface area (Å²) in [4.78, 5) is 28.7. The van der Waals surface area contributed by atoms with Gasteiger partial charge in [-0.25, -0.2) is 4.98 Å². The summed E-state index contributed by atoms with van der Waals surface area (Å²) in [5, 5.41) is 3.18. The summed E-state index contributed by atoms with van der Waals surface area (Å²) in [6.45, 7) is 1.90. The van der Waals surface area contributed by atoms with Crippen LogP contribution < -0.4 is 16.6 Å². The highest BCUT2D eigenvalue weighted by atomic mass is 16.1. The Morgan fingerprint density at radius 1 is 1.53 bits per heavy atom. The Morgan fingerprint density at radius 2 is 2.21 bits per heavy atom.